The number of rotatable bonds is 6. The Morgan fingerprint density at radius 1 is 1.27 bits per heavy atom. The van der Waals surface area contributed by atoms with Gasteiger partial charge in [-0.2, -0.15) is 13.9 Å². The summed E-state index contributed by atoms with van der Waals surface area (Å²) in [5, 5.41) is 6.55. The van der Waals surface area contributed by atoms with E-state index < -0.39 is 17.9 Å². The first kappa shape index (κ1) is 20.0. The summed E-state index contributed by atoms with van der Waals surface area (Å²) in [6.07, 6.45) is -1.04. The predicted molar refractivity (Wildman–Crippen MR) is 107 cm³/mol. The van der Waals surface area contributed by atoms with E-state index in [2.05, 4.69) is 10.4 Å². The molecule has 0 bridgehead atoms. The van der Waals surface area contributed by atoms with E-state index in [4.69, 9.17) is 10.5 Å². The van der Waals surface area contributed by atoms with Gasteiger partial charge in [-0.3, -0.25) is 9.88 Å². The van der Waals surface area contributed by atoms with E-state index in [1.807, 2.05) is 30.3 Å². The van der Waals surface area contributed by atoms with E-state index in [9.17, 15) is 18.4 Å². The molecule has 0 unspecified atom stereocenters. The normalized spacial score (nSPS) is 12.8. The summed E-state index contributed by atoms with van der Waals surface area (Å²) < 4.78 is 32.9. The van der Waals surface area contributed by atoms with Crippen LogP contribution in [0.5, 0.6) is 0 Å². The molecule has 0 aliphatic carbocycles. The number of cyclic esters (lactones) is 1. The fraction of sp³-hybridized carbons (Fsp3) is 0.211. The van der Waals surface area contributed by atoms with E-state index in [0.717, 1.165) is 31.3 Å². The Labute approximate surface area is 173 Å². The number of ether oxygens (including phenoxy) is 1. The third kappa shape index (κ3) is 4.02. The van der Waals surface area contributed by atoms with Crippen molar-refractivity contribution in [2.45, 2.75) is 19.7 Å². The van der Waals surface area contributed by atoms with Gasteiger partial charge in [0.2, 0.25) is 0 Å². The summed E-state index contributed by atoms with van der Waals surface area (Å²) in [4.78, 5) is 25.6. The number of hydrogen-bond acceptors (Lipinski definition) is 6. The number of amides is 1. The van der Waals surface area contributed by atoms with Crippen LogP contribution >= 0.6 is 11.3 Å². The predicted octanol–water partition coefficient (Wildman–Crippen LogP) is 2.99. The van der Waals surface area contributed by atoms with Crippen LogP contribution < -0.4 is 16.7 Å². The molecule has 156 valence electrons. The third-order valence-corrected chi connectivity index (χ3v) is 5.74. The summed E-state index contributed by atoms with van der Waals surface area (Å²) in [6, 6.07) is 9.50. The van der Waals surface area contributed by atoms with Crippen molar-refractivity contribution in [1.29, 1.82) is 0 Å². The molecule has 0 radical (unpaired) electrons. The zero-order chi connectivity index (χ0) is 21.3. The van der Waals surface area contributed by atoms with Crippen LogP contribution in [-0.4, -0.2) is 27.0 Å². The zero-order valence-corrected chi connectivity index (χ0v) is 16.4. The Morgan fingerprint density at radius 2 is 2.10 bits per heavy atom. The first-order valence-corrected chi connectivity index (χ1v) is 9.77. The fourth-order valence-electron chi connectivity index (χ4n) is 3.03. The minimum Gasteiger partial charge on any atom is -0.444 e. The Hall–Kier alpha value is -3.31. The number of fused-ring (bicyclic) bond motifs is 1. The summed E-state index contributed by atoms with van der Waals surface area (Å²) in [6.45, 7) is -0.201. The molecule has 3 N–H and O–H groups in total. The van der Waals surface area contributed by atoms with Crippen LogP contribution in [-0.2, 0) is 24.4 Å². The number of carbonyl (C=O) groups excluding carboxylic acids is 1. The number of anilines is 1. The minimum absolute atomic E-state index is 0.209. The SMILES string of the molecule is NCC(Cn1ncn(Cc2ccc(-c3ccc4c(c3)COC(=O)N4)s2)c1=O)=C(F)F. The number of carbonyl (C=O) groups is 1. The highest BCUT2D eigenvalue weighted by Gasteiger charge is 2.17. The highest BCUT2D eigenvalue weighted by atomic mass is 32.1. The number of nitrogens with zero attached hydrogens (tertiary/aromatic N) is 3. The van der Waals surface area contributed by atoms with Crippen LogP contribution in [0.1, 0.15) is 10.4 Å². The molecule has 1 aliphatic rings. The van der Waals surface area contributed by atoms with Gasteiger partial charge in [0.25, 0.3) is 6.08 Å². The zero-order valence-electron chi connectivity index (χ0n) is 15.6. The molecule has 1 aromatic carbocycles. The van der Waals surface area contributed by atoms with Gasteiger partial charge in [-0.1, -0.05) is 6.07 Å². The van der Waals surface area contributed by atoms with E-state index in [0.29, 0.717) is 0 Å². The van der Waals surface area contributed by atoms with Gasteiger partial charge in [0.1, 0.15) is 12.9 Å². The molecule has 3 heterocycles. The number of hydrogen-bond donors (Lipinski definition) is 2. The molecular weight excluding hydrogens is 416 g/mol. The molecule has 0 atom stereocenters. The molecule has 4 rings (SSSR count). The topological polar surface area (TPSA) is 104 Å². The second kappa shape index (κ2) is 8.20. The van der Waals surface area contributed by atoms with Crippen LogP contribution in [0.15, 0.2) is 53.1 Å². The largest absolute Gasteiger partial charge is 0.444 e. The summed E-state index contributed by atoms with van der Waals surface area (Å²) >= 11 is 1.50. The first-order chi connectivity index (χ1) is 14.4. The second-order valence-electron chi connectivity index (χ2n) is 6.61. The van der Waals surface area contributed by atoms with Crippen molar-refractivity contribution >= 4 is 23.1 Å². The third-order valence-electron chi connectivity index (χ3n) is 4.62. The standard InChI is InChI=1S/C19H17F2N5O3S/c20-17(21)13(6-22)7-26-19(28)25(10-23-26)8-14-2-4-16(30-14)11-1-3-15-12(5-11)9-29-18(27)24-15/h1-5,10H,6-9,22H2,(H,24,27). The van der Waals surface area contributed by atoms with E-state index in [1.54, 1.807) is 0 Å². The van der Waals surface area contributed by atoms with Crippen molar-refractivity contribution in [2.75, 3.05) is 11.9 Å². The van der Waals surface area contributed by atoms with Gasteiger partial charge in [0.05, 0.1) is 18.8 Å². The summed E-state index contributed by atoms with van der Waals surface area (Å²) in [5.41, 5.74) is 7.05. The molecule has 11 heteroatoms. The van der Waals surface area contributed by atoms with Gasteiger partial charge in [0.15, 0.2) is 0 Å². The number of nitrogens with one attached hydrogen (secondary N) is 1. The molecule has 2 aromatic heterocycles. The van der Waals surface area contributed by atoms with Crippen LogP contribution in [0.2, 0.25) is 0 Å². The minimum atomic E-state index is -1.89. The number of aromatic nitrogens is 3. The molecule has 0 spiro atoms. The monoisotopic (exact) mass is 433 g/mol. The average molecular weight is 433 g/mol. The Balaban J connectivity index is 1.51. The smallest absolute Gasteiger partial charge is 0.411 e. The second-order valence-corrected chi connectivity index (χ2v) is 7.77. The van der Waals surface area contributed by atoms with Gasteiger partial charge in [-0.15, -0.1) is 11.3 Å². The van der Waals surface area contributed by atoms with Gasteiger partial charge < -0.3 is 10.5 Å². The molecule has 0 fully saturated rings. The highest BCUT2D eigenvalue weighted by molar-refractivity contribution is 7.15. The molecule has 0 saturated heterocycles. The van der Waals surface area contributed by atoms with Crippen molar-refractivity contribution in [1.82, 2.24) is 14.3 Å². The molecule has 30 heavy (non-hydrogen) atoms. The van der Waals surface area contributed by atoms with Gasteiger partial charge >= 0.3 is 11.8 Å². The van der Waals surface area contributed by atoms with Crippen LogP contribution in [0.3, 0.4) is 0 Å². The van der Waals surface area contributed by atoms with Gasteiger partial charge in [-0.05, 0) is 29.8 Å². The number of thiophene rings is 1. The van der Waals surface area contributed by atoms with Crippen LogP contribution in [0.25, 0.3) is 10.4 Å². The number of nitrogens with two attached hydrogens (primary N) is 1. The van der Waals surface area contributed by atoms with Crippen LogP contribution in [0, 0.1) is 0 Å². The summed E-state index contributed by atoms with van der Waals surface area (Å²) in [5.74, 6) is 0. The van der Waals surface area contributed by atoms with E-state index in [1.165, 1.54) is 22.2 Å². The van der Waals surface area contributed by atoms with Crippen molar-refractivity contribution in [3.63, 3.8) is 0 Å². The Bertz CT molecular complexity index is 1190. The number of benzene rings is 1. The van der Waals surface area contributed by atoms with Crippen molar-refractivity contribution in [2.24, 2.45) is 5.73 Å². The average Bonchev–Trinajstić information content (AvgIpc) is 3.33. The van der Waals surface area contributed by atoms with Gasteiger partial charge in [0, 0.05) is 27.4 Å². The lowest BCUT2D eigenvalue weighted by molar-refractivity contribution is 0.151. The van der Waals surface area contributed by atoms with Crippen molar-refractivity contribution in [3.05, 3.63) is 69.2 Å². The van der Waals surface area contributed by atoms with Crippen molar-refractivity contribution < 1.29 is 18.3 Å². The molecule has 0 saturated carbocycles. The van der Waals surface area contributed by atoms with Crippen LogP contribution in [0.4, 0.5) is 19.3 Å². The fourth-order valence-corrected chi connectivity index (χ4v) is 4.04. The molecule has 3 aromatic rings. The maximum absolute atomic E-state index is 12.8. The quantitative estimate of drug-likeness (QED) is 0.622. The Kier molecular flexibility index (Phi) is 5.46. The summed E-state index contributed by atoms with van der Waals surface area (Å²) in [7, 11) is 0. The lowest BCUT2D eigenvalue weighted by atomic mass is 10.1. The lowest BCUT2D eigenvalue weighted by Gasteiger charge is -2.17. The van der Waals surface area contributed by atoms with E-state index in [-0.39, 0.29) is 31.8 Å². The Morgan fingerprint density at radius 3 is 2.87 bits per heavy atom. The maximum Gasteiger partial charge on any atom is 0.411 e. The van der Waals surface area contributed by atoms with Gasteiger partial charge in [-0.25, -0.2) is 14.3 Å². The highest BCUT2D eigenvalue weighted by Crippen LogP contribution is 2.32. The molecule has 1 aliphatic heterocycles. The van der Waals surface area contributed by atoms with E-state index >= 15 is 0 Å². The number of halogens is 2. The maximum atomic E-state index is 12.8. The molecule has 1 amide bonds. The molecular formula is C19H17F2N5O3S. The molecule has 8 nitrogen and oxygen atoms in total. The first-order valence-electron chi connectivity index (χ1n) is 8.95. The lowest BCUT2D eigenvalue weighted by Crippen LogP contribution is -2.27. The van der Waals surface area contributed by atoms with Crippen molar-refractivity contribution in [3.8, 4) is 10.4 Å².